The predicted molar refractivity (Wildman–Crippen MR) is 144 cm³/mol. The second-order valence-electron chi connectivity index (χ2n) is 9.90. The maximum absolute atomic E-state index is 14.2. The SMILES string of the molecule is Cc1c(-c2ccccn2)nc2cc(F)ccc2c1Nc1cc(C(=O)CC2CC2)cc(N2CCOCC2)c1. The Bertz CT molecular complexity index is 1460. The Hall–Kier alpha value is -3.84. The lowest BCUT2D eigenvalue weighted by atomic mass is 10.0. The van der Waals surface area contributed by atoms with Crippen molar-refractivity contribution in [2.75, 3.05) is 36.5 Å². The Morgan fingerprint density at radius 2 is 1.95 bits per heavy atom. The number of hydrogen-bond acceptors (Lipinski definition) is 6. The highest BCUT2D eigenvalue weighted by atomic mass is 19.1. The van der Waals surface area contributed by atoms with Crippen molar-refractivity contribution < 1.29 is 13.9 Å². The van der Waals surface area contributed by atoms with Crippen molar-refractivity contribution in [2.45, 2.75) is 26.2 Å². The first-order chi connectivity index (χ1) is 18.0. The monoisotopic (exact) mass is 496 g/mol. The number of ether oxygens (including phenoxy) is 1. The van der Waals surface area contributed by atoms with Gasteiger partial charge in [-0.25, -0.2) is 9.37 Å². The van der Waals surface area contributed by atoms with E-state index in [0.717, 1.165) is 59.6 Å². The maximum atomic E-state index is 14.2. The first-order valence-corrected chi connectivity index (χ1v) is 12.8. The number of carbonyl (C=O) groups excluding carboxylic acids is 1. The number of ketones is 1. The zero-order chi connectivity index (χ0) is 25.4. The summed E-state index contributed by atoms with van der Waals surface area (Å²) < 4.78 is 19.8. The van der Waals surface area contributed by atoms with Crippen LogP contribution in [0.1, 0.15) is 35.2 Å². The van der Waals surface area contributed by atoms with Crippen LogP contribution in [0.3, 0.4) is 0 Å². The number of benzene rings is 2. The highest BCUT2D eigenvalue weighted by Gasteiger charge is 2.26. The van der Waals surface area contributed by atoms with Gasteiger partial charge in [0.1, 0.15) is 5.82 Å². The largest absolute Gasteiger partial charge is 0.378 e. The predicted octanol–water partition coefficient (Wildman–Crippen LogP) is 6.31. The minimum absolute atomic E-state index is 0.174. The number of halogens is 1. The van der Waals surface area contributed by atoms with Crippen molar-refractivity contribution in [2.24, 2.45) is 5.92 Å². The number of fused-ring (bicyclic) bond motifs is 1. The summed E-state index contributed by atoms with van der Waals surface area (Å²) in [5, 5.41) is 4.39. The van der Waals surface area contributed by atoms with Crippen molar-refractivity contribution in [3.63, 3.8) is 0 Å². The van der Waals surface area contributed by atoms with E-state index in [1.807, 2.05) is 37.3 Å². The van der Waals surface area contributed by atoms with E-state index >= 15 is 0 Å². The molecule has 0 atom stereocenters. The van der Waals surface area contributed by atoms with E-state index in [9.17, 15) is 9.18 Å². The van der Waals surface area contributed by atoms with Gasteiger partial charge in [-0.2, -0.15) is 0 Å². The van der Waals surface area contributed by atoms with E-state index < -0.39 is 0 Å². The molecule has 6 nitrogen and oxygen atoms in total. The number of morpholine rings is 1. The molecule has 1 aliphatic carbocycles. The second-order valence-corrected chi connectivity index (χ2v) is 9.90. The third kappa shape index (κ3) is 5.04. The molecule has 0 unspecified atom stereocenters. The van der Waals surface area contributed by atoms with Crippen LogP contribution in [0.2, 0.25) is 0 Å². The molecule has 6 rings (SSSR count). The Labute approximate surface area is 215 Å². The number of aromatic nitrogens is 2. The lowest BCUT2D eigenvalue weighted by Gasteiger charge is -2.29. The number of rotatable bonds is 7. The first-order valence-electron chi connectivity index (χ1n) is 12.8. The number of anilines is 3. The van der Waals surface area contributed by atoms with Crippen LogP contribution in [0, 0.1) is 18.7 Å². The highest BCUT2D eigenvalue weighted by molar-refractivity contribution is 6.00. The lowest BCUT2D eigenvalue weighted by molar-refractivity contribution is 0.0976. The van der Waals surface area contributed by atoms with Crippen LogP contribution in [-0.4, -0.2) is 42.1 Å². The summed E-state index contributed by atoms with van der Waals surface area (Å²) >= 11 is 0. The van der Waals surface area contributed by atoms with Gasteiger partial charge in [0.15, 0.2) is 5.78 Å². The van der Waals surface area contributed by atoms with E-state index in [4.69, 9.17) is 9.72 Å². The van der Waals surface area contributed by atoms with E-state index in [2.05, 4.69) is 21.3 Å². The molecular formula is C30H29FN4O2. The van der Waals surface area contributed by atoms with E-state index in [0.29, 0.717) is 42.3 Å². The number of Topliss-reactive ketones (excluding diaryl/α,β-unsaturated/α-hetero) is 1. The zero-order valence-corrected chi connectivity index (χ0v) is 20.8. The topological polar surface area (TPSA) is 67.4 Å². The normalized spacial score (nSPS) is 15.7. The number of nitrogens with one attached hydrogen (secondary N) is 1. The van der Waals surface area contributed by atoms with Crippen LogP contribution >= 0.6 is 0 Å². The van der Waals surface area contributed by atoms with Gasteiger partial charge < -0.3 is 15.0 Å². The highest BCUT2D eigenvalue weighted by Crippen LogP contribution is 2.37. The molecule has 1 saturated heterocycles. The summed E-state index contributed by atoms with van der Waals surface area (Å²) in [6.45, 7) is 4.87. The molecule has 0 spiro atoms. The van der Waals surface area contributed by atoms with Crippen LogP contribution in [0.5, 0.6) is 0 Å². The summed E-state index contributed by atoms with van der Waals surface area (Å²) in [4.78, 5) is 24.7. The third-order valence-corrected chi connectivity index (χ3v) is 7.16. The molecule has 1 saturated carbocycles. The van der Waals surface area contributed by atoms with Gasteiger partial charge in [0.2, 0.25) is 0 Å². The van der Waals surface area contributed by atoms with Gasteiger partial charge in [0.05, 0.1) is 35.8 Å². The number of pyridine rings is 2. The molecule has 2 fully saturated rings. The van der Waals surface area contributed by atoms with Crippen molar-refractivity contribution in [1.82, 2.24) is 9.97 Å². The second kappa shape index (κ2) is 9.90. The molecule has 2 aromatic heterocycles. The van der Waals surface area contributed by atoms with E-state index in [1.165, 1.54) is 12.1 Å². The maximum Gasteiger partial charge on any atom is 0.163 e. The molecule has 0 bridgehead atoms. The zero-order valence-electron chi connectivity index (χ0n) is 20.8. The van der Waals surface area contributed by atoms with Crippen LogP contribution in [0.25, 0.3) is 22.3 Å². The fourth-order valence-corrected chi connectivity index (χ4v) is 4.94. The minimum atomic E-state index is -0.343. The summed E-state index contributed by atoms with van der Waals surface area (Å²) in [6, 6.07) is 16.3. The van der Waals surface area contributed by atoms with Gasteiger partial charge in [-0.15, -0.1) is 0 Å². The number of nitrogens with zero attached hydrogens (tertiary/aromatic N) is 3. The van der Waals surface area contributed by atoms with Crippen LogP contribution in [-0.2, 0) is 4.74 Å². The average Bonchev–Trinajstić information content (AvgIpc) is 3.75. The summed E-state index contributed by atoms with van der Waals surface area (Å²) in [7, 11) is 0. The van der Waals surface area contributed by atoms with Crippen molar-refractivity contribution >= 4 is 33.7 Å². The van der Waals surface area contributed by atoms with Crippen molar-refractivity contribution in [1.29, 1.82) is 0 Å². The van der Waals surface area contributed by atoms with Crippen LogP contribution < -0.4 is 10.2 Å². The lowest BCUT2D eigenvalue weighted by Crippen LogP contribution is -2.36. The Morgan fingerprint density at radius 1 is 1.11 bits per heavy atom. The minimum Gasteiger partial charge on any atom is -0.378 e. The van der Waals surface area contributed by atoms with Crippen molar-refractivity contribution in [3.05, 3.63) is 77.7 Å². The molecule has 1 aliphatic heterocycles. The first kappa shape index (κ1) is 23.6. The van der Waals surface area contributed by atoms with Gasteiger partial charge in [-0.3, -0.25) is 9.78 Å². The molecule has 188 valence electrons. The number of carbonyl (C=O) groups is 1. The van der Waals surface area contributed by atoms with Gasteiger partial charge >= 0.3 is 0 Å². The van der Waals surface area contributed by atoms with Gasteiger partial charge in [-0.1, -0.05) is 6.07 Å². The summed E-state index contributed by atoms with van der Waals surface area (Å²) in [6.07, 6.45) is 4.58. The van der Waals surface area contributed by atoms with Crippen LogP contribution in [0.4, 0.5) is 21.5 Å². The Kier molecular flexibility index (Phi) is 6.30. The average molecular weight is 497 g/mol. The number of hydrogen-bond donors (Lipinski definition) is 1. The molecule has 2 aliphatic rings. The summed E-state index contributed by atoms with van der Waals surface area (Å²) in [5.74, 6) is 0.343. The molecule has 7 heteroatoms. The molecule has 4 aromatic rings. The van der Waals surface area contributed by atoms with Gasteiger partial charge in [-0.05, 0) is 68.1 Å². The molecule has 1 N–H and O–H groups in total. The van der Waals surface area contributed by atoms with Gasteiger partial charge in [0.25, 0.3) is 0 Å². The Balaban J connectivity index is 1.46. The quantitative estimate of drug-likeness (QED) is 0.303. The Morgan fingerprint density at radius 3 is 2.70 bits per heavy atom. The third-order valence-electron chi connectivity index (χ3n) is 7.16. The standard InChI is InChI=1S/C30H29FN4O2/c1-19-29(25-8-7-22(31)17-27(25)34-30(19)26-4-2-3-9-32-26)33-23-15-21(28(36)14-20-5-6-20)16-24(18-23)35-10-12-37-13-11-35/h2-4,7-9,15-18,20H,5-6,10-14H2,1H3,(H,33,34). The van der Waals surface area contributed by atoms with Crippen LogP contribution in [0.15, 0.2) is 60.8 Å². The van der Waals surface area contributed by atoms with E-state index in [-0.39, 0.29) is 11.6 Å². The smallest absolute Gasteiger partial charge is 0.163 e. The molecule has 3 heterocycles. The van der Waals surface area contributed by atoms with Crippen molar-refractivity contribution in [3.8, 4) is 11.4 Å². The van der Waals surface area contributed by atoms with Gasteiger partial charge in [0, 0.05) is 59.7 Å². The fourth-order valence-electron chi connectivity index (χ4n) is 4.94. The summed E-state index contributed by atoms with van der Waals surface area (Å²) in [5.41, 5.74) is 6.21. The fraction of sp³-hybridized carbons (Fsp3) is 0.300. The molecule has 0 radical (unpaired) electrons. The molecule has 0 amide bonds. The molecular weight excluding hydrogens is 467 g/mol. The molecule has 37 heavy (non-hydrogen) atoms. The molecule has 2 aromatic carbocycles. The van der Waals surface area contributed by atoms with E-state index in [1.54, 1.807) is 12.3 Å².